The standard InChI is InChI=1S/C32H37FN4O7S/c1-32(2,3)44-31(40)37-18-16-22(17-19-37)20-34-29(38)21-35-30(39)23-8-14-26(15-9-23)45(41,42)36-27-6-4-5-7-28(27)43-25-12-10-24(33)11-13-25/h4-15,22,36H,16-21H2,1-3H3,(H,34,38)(H,35,39). The molecule has 3 N–H and O–H groups in total. The Balaban J connectivity index is 1.24. The molecule has 4 rings (SSSR count). The van der Waals surface area contributed by atoms with E-state index in [4.69, 9.17) is 9.47 Å². The van der Waals surface area contributed by atoms with Gasteiger partial charge in [-0.2, -0.15) is 0 Å². The van der Waals surface area contributed by atoms with Gasteiger partial charge in [0.25, 0.3) is 15.9 Å². The van der Waals surface area contributed by atoms with Gasteiger partial charge in [0.15, 0.2) is 5.75 Å². The number of sulfonamides is 1. The summed E-state index contributed by atoms with van der Waals surface area (Å²) < 4.78 is 53.0. The van der Waals surface area contributed by atoms with E-state index in [0.717, 1.165) is 12.8 Å². The lowest BCUT2D eigenvalue weighted by molar-refractivity contribution is -0.120. The molecule has 0 atom stereocenters. The van der Waals surface area contributed by atoms with Gasteiger partial charge in [-0.05, 0) is 100 Å². The zero-order valence-electron chi connectivity index (χ0n) is 25.3. The molecule has 0 spiro atoms. The summed E-state index contributed by atoms with van der Waals surface area (Å²) in [6.07, 6.45) is 1.11. The lowest BCUT2D eigenvalue weighted by atomic mass is 9.97. The first-order valence-corrected chi connectivity index (χ1v) is 16.0. The number of ether oxygens (including phenoxy) is 2. The Bertz CT molecular complexity index is 1600. The Labute approximate surface area is 262 Å². The Morgan fingerprint density at radius 2 is 1.56 bits per heavy atom. The van der Waals surface area contributed by atoms with Gasteiger partial charge in [0.2, 0.25) is 5.91 Å². The van der Waals surface area contributed by atoms with Crippen LogP contribution < -0.4 is 20.1 Å². The molecule has 1 aliphatic heterocycles. The highest BCUT2D eigenvalue weighted by Gasteiger charge is 2.27. The molecule has 0 saturated carbocycles. The highest BCUT2D eigenvalue weighted by atomic mass is 32.2. The molecule has 3 aromatic carbocycles. The minimum Gasteiger partial charge on any atom is -0.455 e. The van der Waals surface area contributed by atoms with Crippen molar-refractivity contribution in [2.45, 2.75) is 44.1 Å². The summed E-state index contributed by atoms with van der Waals surface area (Å²) >= 11 is 0. The van der Waals surface area contributed by atoms with Crippen molar-refractivity contribution >= 4 is 33.6 Å². The zero-order valence-corrected chi connectivity index (χ0v) is 26.2. The molecule has 1 aliphatic rings. The summed E-state index contributed by atoms with van der Waals surface area (Å²) in [7, 11) is -4.05. The first-order valence-electron chi connectivity index (χ1n) is 14.5. The van der Waals surface area contributed by atoms with Crippen molar-refractivity contribution < 1.29 is 36.7 Å². The minimum atomic E-state index is -4.05. The molecule has 0 bridgehead atoms. The number of nitrogens with zero attached hydrogens (tertiary/aromatic N) is 1. The summed E-state index contributed by atoms with van der Waals surface area (Å²) in [5.41, 5.74) is -0.209. The summed E-state index contributed by atoms with van der Waals surface area (Å²) in [5, 5.41) is 5.35. The van der Waals surface area contributed by atoms with Gasteiger partial charge in [0.1, 0.15) is 17.2 Å². The van der Waals surface area contributed by atoms with Crippen molar-refractivity contribution in [2.75, 3.05) is 30.9 Å². The Morgan fingerprint density at radius 3 is 2.20 bits per heavy atom. The first-order chi connectivity index (χ1) is 21.3. The van der Waals surface area contributed by atoms with E-state index < -0.39 is 27.3 Å². The van der Waals surface area contributed by atoms with Gasteiger partial charge >= 0.3 is 6.09 Å². The SMILES string of the molecule is CC(C)(C)OC(=O)N1CCC(CNC(=O)CNC(=O)c2ccc(S(=O)(=O)Nc3ccccc3Oc3ccc(F)cc3)cc2)CC1. The van der Waals surface area contributed by atoms with E-state index >= 15 is 0 Å². The van der Waals surface area contributed by atoms with Gasteiger partial charge in [0.05, 0.1) is 17.1 Å². The maximum Gasteiger partial charge on any atom is 0.410 e. The largest absolute Gasteiger partial charge is 0.455 e. The van der Waals surface area contributed by atoms with Crippen LogP contribution in [0, 0.1) is 11.7 Å². The van der Waals surface area contributed by atoms with Gasteiger partial charge in [-0.15, -0.1) is 0 Å². The summed E-state index contributed by atoms with van der Waals surface area (Å²) in [5.74, 6) is -0.579. The third-order valence-corrected chi connectivity index (χ3v) is 8.24. The molecule has 240 valence electrons. The molecule has 1 fully saturated rings. The molecule has 13 heteroatoms. The number of nitrogens with one attached hydrogen (secondary N) is 3. The van der Waals surface area contributed by atoms with Crippen molar-refractivity contribution in [1.29, 1.82) is 0 Å². The molecule has 3 aromatic rings. The van der Waals surface area contributed by atoms with E-state index in [1.54, 1.807) is 23.1 Å². The summed E-state index contributed by atoms with van der Waals surface area (Å²) in [6.45, 7) is 6.73. The van der Waals surface area contributed by atoms with Gasteiger partial charge in [-0.25, -0.2) is 17.6 Å². The van der Waals surface area contributed by atoms with E-state index in [-0.39, 0.29) is 46.4 Å². The van der Waals surface area contributed by atoms with Crippen LogP contribution in [0.2, 0.25) is 0 Å². The maximum absolute atomic E-state index is 13.2. The second-order valence-corrected chi connectivity index (χ2v) is 13.3. The third kappa shape index (κ3) is 9.93. The number of benzene rings is 3. The highest BCUT2D eigenvalue weighted by molar-refractivity contribution is 7.92. The van der Waals surface area contributed by atoms with E-state index in [9.17, 15) is 27.2 Å². The number of hydrogen-bond acceptors (Lipinski definition) is 7. The topological polar surface area (TPSA) is 143 Å². The Morgan fingerprint density at radius 1 is 0.911 bits per heavy atom. The normalized spacial score (nSPS) is 13.9. The van der Waals surface area contributed by atoms with Crippen LogP contribution in [-0.4, -0.2) is 63.0 Å². The average molecular weight is 641 g/mol. The van der Waals surface area contributed by atoms with Crippen LogP contribution in [0.1, 0.15) is 44.0 Å². The molecule has 1 heterocycles. The van der Waals surface area contributed by atoms with E-state index in [2.05, 4.69) is 15.4 Å². The molecular weight excluding hydrogens is 603 g/mol. The maximum atomic E-state index is 13.2. The second-order valence-electron chi connectivity index (χ2n) is 11.6. The molecular formula is C32H37FN4O7S. The fourth-order valence-electron chi connectivity index (χ4n) is 4.49. The third-order valence-electron chi connectivity index (χ3n) is 6.86. The lowest BCUT2D eigenvalue weighted by Crippen LogP contribution is -2.44. The fourth-order valence-corrected chi connectivity index (χ4v) is 5.56. The number of carbonyl (C=O) groups excluding carboxylic acids is 3. The van der Waals surface area contributed by atoms with Crippen molar-refractivity contribution in [3.05, 3.63) is 84.2 Å². The minimum absolute atomic E-state index is 0.0916. The molecule has 0 radical (unpaired) electrons. The number of likely N-dealkylation sites (tertiary alicyclic amines) is 1. The number of anilines is 1. The van der Waals surface area contributed by atoms with Crippen molar-refractivity contribution in [1.82, 2.24) is 15.5 Å². The molecule has 0 aromatic heterocycles. The molecule has 1 saturated heterocycles. The van der Waals surface area contributed by atoms with Gasteiger partial charge in [-0.1, -0.05) is 12.1 Å². The fraction of sp³-hybridized carbons (Fsp3) is 0.344. The van der Waals surface area contributed by atoms with Crippen LogP contribution in [0.3, 0.4) is 0 Å². The summed E-state index contributed by atoms with van der Waals surface area (Å²) in [6, 6.07) is 17.0. The summed E-state index contributed by atoms with van der Waals surface area (Å²) in [4.78, 5) is 38.7. The van der Waals surface area contributed by atoms with Crippen LogP contribution in [0.15, 0.2) is 77.7 Å². The number of amides is 3. The van der Waals surface area contributed by atoms with Crippen molar-refractivity contribution in [3.8, 4) is 11.5 Å². The predicted octanol–water partition coefficient (Wildman–Crippen LogP) is 4.91. The molecule has 0 unspecified atom stereocenters. The predicted molar refractivity (Wildman–Crippen MR) is 166 cm³/mol. The Hall–Kier alpha value is -4.65. The van der Waals surface area contributed by atoms with E-state index in [1.807, 2.05) is 20.8 Å². The zero-order chi connectivity index (χ0) is 32.6. The van der Waals surface area contributed by atoms with Gasteiger partial charge in [0, 0.05) is 25.2 Å². The van der Waals surface area contributed by atoms with Crippen molar-refractivity contribution in [3.63, 3.8) is 0 Å². The number of carbonyl (C=O) groups is 3. The highest BCUT2D eigenvalue weighted by Crippen LogP contribution is 2.31. The number of para-hydroxylation sites is 2. The molecule has 11 nitrogen and oxygen atoms in total. The smallest absolute Gasteiger partial charge is 0.410 e. The quantitative estimate of drug-likeness (QED) is 0.286. The molecule has 45 heavy (non-hydrogen) atoms. The van der Waals surface area contributed by atoms with E-state index in [1.165, 1.54) is 54.6 Å². The van der Waals surface area contributed by atoms with E-state index in [0.29, 0.717) is 25.4 Å². The van der Waals surface area contributed by atoms with Crippen LogP contribution >= 0.6 is 0 Å². The number of halogens is 1. The number of piperidine rings is 1. The second kappa shape index (κ2) is 14.4. The Kier molecular flexibility index (Phi) is 10.7. The monoisotopic (exact) mass is 640 g/mol. The van der Waals surface area contributed by atoms with Crippen molar-refractivity contribution in [2.24, 2.45) is 5.92 Å². The number of hydrogen-bond donors (Lipinski definition) is 3. The molecule has 0 aliphatic carbocycles. The lowest BCUT2D eigenvalue weighted by Gasteiger charge is -2.33. The van der Waals surface area contributed by atoms with Gasteiger partial charge in [-0.3, -0.25) is 14.3 Å². The van der Waals surface area contributed by atoms with Crippen LogP contribution in [0.5, 0.6) is 11.5 Å². The first kappa shape index (κ1) is 33.2. The van der Waals surface area contributed by atoms with Crippen LogP contribution in [-0.2, 0) is 19.6 Å². The van der Waals surface area contributed by atoms with Gasteiger partial charge < -0.3 is 25.0 Å². The number of rotatable bonds is 10. The van der Waals surface area contributed by atoms with Crippen LogP contribution in [0.4, 0.5) is 14.9 Å². The average Bonchev–Trinajstić information content (AvgIpc) is 3.00. The van der Waals surface area contributed by atoms with Crippen LogP contribution in [0.25, 0.3) is 0 Å². The molecule has 3 amide bonds.